The standard InChI is InChI=1S/C21H13ClF3N5O3S2/c22-13-7-6-12(21(23,24)25)8-14(13)26-17(31)10-34-20-29-28-19(35-20)27-18(32)15-9-16(33-30-15)11-4-2-1-3-5-11/h1-9H,10H2,(H,26,31)(H,27,28,32). The van der Waals surface area contributed by atoms with Crippen LogP contribution in [0.1, 0.15) is 16.1 Å². The Bertz CT molecular complexity index is 1360. The van der Waals surface area contributed by atoms with Gasteiger partial charge in [-0.3, -0.25) is 14.9 Å². The predicted octanol–water partition coefficient (Wildman–Crippen LogP) is 5.85. The van der Waals surface area contributed by atoms with Gasteiger partial charge in [-0.2, -0.15) is 13.2 Å². The molecule has 2 N–H and O–H groups in total. The molecule has 2 amide bonds. The summed E-state index contributed by atoms with van der Waals surface area (Å²) in [5, 5.41) is 16.5. The molecule has 0 fully saturated rings. The van der Waals surface area contributed by atoms with Crippen molar-refractivity contribution in [1.29, 1.82) is 0 Å². The van der Waals surface area contributed by atoms with E-state index in [1.165, 1.54) is 6.07 Å². The van der Waals surface area contributed by atoms with Gasteiger partial charge in [0.2, 0.25) is 11.0 Å². The summed E-state index contributed by atoms with van der Waals surface area (Å²) >= 11 is 7.89. The van der Waals surface area contributed by atoms with Gasteiger partial charge in [0.05, 0.1) is 22.0 Å². The fourth-order valence-electron chi connectivity index (χ4n) is 2.71. The second-order valence-corrected chi connectivity index (χ2v) is 9.41. The Morgan fingerprint density at radius 1 is 1.06 bits per heavy atom. The largest absolute Gasteiger partial charge is 0.416 e. The van der Waals surface area contributed by atoms with Crippen LogP contribution in [0.5, 0.6) is 0 Å². The van der Waals surface area contributed by atoms with E-state index in [9.17, 15) is 22.8 Å². The molecule has 4 rings (SSSR count). The van der Waals surface area contributed by atoms with Crippen molar-refractivity contribution >= 4 is 57.3 Å². The van der Waals surface area contributed by atoms with Crippen LogP contribution in [-0.2, 0) is 11.0 Å². The Morgan fingerprint density at radius 2 is 1.83 bits per heavy atom. The molecule has 0 saturated heterocycles. The average Bonchev–Trinajstić information content (AvgIpc) is 3.49. The van der Waals surface area contributed by atoms with Gasteiger partial charge in [-0.05, 0) is 18.2 Å². The summed E-state index contributed by atoms with van der Waals surface area (Å²) in [5.74, 6) is -0.886. The Labute approximate surface area is 208 Å². The number of halogens is 4. The molecule has 14 heteroatoms. The zero-order valence-electron chi connectivity index (χ0n) is 17.3. The first-order valence-electron chi connectivity index (χ1n) is 9.65. The van der Waals surface area contributed by atoms with E-state index in [2.05, 4.69) is 26.0 Å². The zero-order valence-corrected chi connectivity index (χ0v) is 19.7. The minimum Gasteiger partial charge on any atom is -0.355 e. The Balaban J connectivity index is 1.31. The highest BCUT2D eigenvalue weighted by Gasteiger charge is 2.31. The third-order valence-electron chi connectivity index (χ3n) is 4.32. The molecule has 0 aliphatic carbocycles. The topological polar surface area (TPSA) is 110 Å². The second-order valence-electron chi connectivity index (χ2n) is 6.80. The summed E-state index contributed by atoms with van der Waals surface area (Å²) in [6, 6.07) is 13.3. The summed E-state index contributed by atoms with van der Waals surface area (Å²) in [7, 11) is 0. The molecule has 0 bridgehead atoms. The molecule has 2 aromatic carbocycles. The lowest BCUT2D eigenvalue weighted by Gasteiger charge is -2.11. The van der Waals surface area contributed by atoms with Crippen LogP contribution in [0.25, 0.3) is 11.3 Å². The minimum atomic E-state index is -4.57. The average molecular weight is 540 g/mol. The minimum absolute atomic E-state index is 0.0273. The third kappa shape index (κ3) is 6.38. The van der Waals surface area contributed by atoms with Crippen LogP contribution >= 0.6 is 34.7 Å². The number of aromatic nitrogens is 3. The van der Waals surface area contributed by atoms with E-state index in [4.69, 9.17) is 16.1 Å². The third-order valence-corrected chi connectivity index (χ3v) is 6.62. The lowest BCUT2D eigenvalue weighted by molar-refractivity contribution is -0.137. The summed E-state index contributed by atoms with van der Waals surface area (Å²) < 4.78 is 44.2. The first kappa shape index (κ1) is 24.7. The van der Waals surface area contributed by atoms with Crippen LogP contribution in [0.2, 0.25) is 5.02 Å². The van der Waals surface area contributed by atoms with Crippen molar-refractivity contribution in [3.05, 3.63) is 70.9 Å². The SMILES string of the molecule is O=C(CSc1nnc(NC(=O)c2cc(-c3ccccc3)on2)s1)Nc1cc(C(F)(F)F)ccc1Cl. The quantitative estimate of drug-likeness (QED) is 0.224. The number of hydrogen-bond acceptors (Lipinski definition) is 8. The van der Waals surface area contributed by atoms with Gasteiger partial charge in [0.25, 0.3) is 5.91 Å². The van der Waals surface area contributed by atoms with E-state index < -0.39 is 23.6 Å². The number of amides is 2. The first-order chi connectivity index (χ1) is 16.7. The highest BCUT2D eigenvalue weighted by molar-refractivity contribution is 8.01. The zero-order chi connectivity index (χ0) is 25.0. The van der Waals surface area contributed by atoms with Crippen molar-refractivity contribution in [3.63, 3.8) is 0 Å². The van der Waals surface area contributed by atoms with Crippen molar-refractivity contribution in [3.8, 4) is 11.3 Å². The number of benzene rings is 2. The van der Waals surface area contributed by atoms with Crippen LogP contribution in [0.3, 0.4) is 0 Å². The van der Waals surface area contributed by atoms with Crippen molar-refractivity contribution < 1.29 is 27.3 Å². The number of rotatable bonds is 7. The molecule has 0 radical (unpaired) electrons. The fraction of sp³-hybridized carbons (Fsp3) is 0.0952. The monoisotopic (exact) mass is 539 g/mol. The van der Waals surface area contributed by atoms with E-state index in [0.29, 0.717) is 10.1 Å². The van der Waals surface area contributed by atoms with E-state index in [1.807, 2.05) is 30.3 Å². The molecule has 0 unspecified atom stereocenters. The number of carbonyl (C=O) groups is 2. The van der Waals surface area contributed by atoms with Crippen LogP contribution in [0.15, 0.2) is 63.5 Å². The molecule has 0 saturated carbocycles. The Hall–Kier alpha value is -3.42. The molecule has 0 atom stereocenters. The molecule has 180 valence electrons. The number of nitrogens with one attached hydrogen (secondary N) is 2. The maximum absolute atomic E-state index is 12.9. The van der Waals surface area contributed by atoms with Gasteiger partial charge in [0, 0.05) is 11.6 Å². The van der Waals surface area contributed by atoms with Gasteiger partial charge in [-0.25, -0.2) is 0 Å². The lowest BCUT2D eigenvalue weighted by atomic mass is 10.1. The lowest BCUT2D eigenvalue weighted by Crippen LogP contribution is -2.15. The molecule has 2 heterocycles. The smallest absolute Gasteiger partial charge is 0.355 e. The van der Waals surface area contributed by atoms with E-state index in [-0.39, 0.29) is 27.3 Å². The van der Waals surface area contributed by atoms with Gasteiger partial charge >= 0.3 is 6.18 Å². The van der Waals surface area contributed by atoms with E-state index >= 15 is 0 Å². The van der Waals surface area contributed by atoms with Crippen molar-refractivity contribution in [2.24, 2.45) is 0 Å². The Kier molecular flexibility index (Phi) is 7.38. The fourth-order valence-corrected chi connectivity index (χ4v) is 4.42. The van der Waals surface area contributed by atoms with E-state index in [1.54, 1.807) is 0 Å². The highest BCUT2D eigenvalue weighted by Crippen LogP contribution is 2.34. The maximum atomic E-state index is 12.9. The summed E-state index contributed by atoms with van der Waals surface area (Å²) in [4.78, 5) is 24.6. The van der Waals surface area contributed by atoms with Gasteiger partial charge < -0.3 is 9.84 Å². The van der Waals surface area contributed by atoms with Crippen LogP contribution in [0, 0.1) is 0 Å². The number of nitrogens with zero attached hydrogens (tertiary/aromatic N) is 3. The van der Waals surface area contributed by atoms with Crippen LogP contribution in [-0.4, -0.2) is 32.9 Å². The summed E-state index contributed by atoms with van der Waals surface area (Å²) in [6.07, 6.45) is -4.57. The van der Waals surface area contributed by atoms with Crippen molar-refractivity contribution in [2.45, 2.75) is 10.5 Å². The molecule has 4 aromatic rings. The number of carbonyl (C=O) groups excluding carboxylic acids is 2. The highest BCUT2D eigenvalue weighted by atomic mass is 35.5. The molecule has 0 spiro atoms. The molecule has 35 heavy (non-hydrogen) atoms. The molecule has 0 aliphatic rings. The molecule has 2 aromatic heterocycles. The van der Waals surface area contributed by atoms with Gasteiger partial charge in [-0.1, -0.05) is 70.2 Å². The Morgan fingerprint density at radius 3 is 2.57 bits per heavy atom. The second kappa shape index (κ2) is 10.5. The molecule has 8 nitrogen and oxygen atoms in total. The normalized spacial score (nSPS) is 11.3. The number of thioether (sulfide) groups is 1. The molecular formula is C21H13ClF3N5O3S2. The molecular weight excluding hydrogens is 527 g/mol. The summed E-state index contributed by atoms with van der Waals surface area (Å²) in [5.41, 5.74) is -0.277. The van der Waals surface area contributed by atoms with Crippen LogP contribution < -0.4 is 10.6 Å². The number of anilines is 2. The first-order valence-corrected chi connectivity index (χ1v) is 11.8. The number of alkyl halides is 3. The summed E-state index contributed by atoms with van der Waals surface area (Å²) in [6.45, 7) is 0. The van der Waals surface area contributed by atoms with Crippen LogP contribution in [0.4, 0.5) is 24.0 Å². The van der Waals surface area contributed by atoms with Gasteiger partial charge in [-0.15, -0.1) is 10.2 Å². The number of hydrogen-bond donors (Lipinski definition) is 2. The van der Waals surface area contributed by atoms with Gasteiger partial charge in [0.15, 0.2) is 15.8 Å². The van der Waals surface area contributed by atoms with Gasteiger partial charge in [0.1, 0.15) is 0 Å². The maximum Gasteiger partial charge on any atom is 0.416 e. The van der Waals surface area contributed by atoms with E-state index in [0.717, 1.165) is 46.9 Å². The van der Waals surface area contributed by atoms with Crippen molar-refractivity contribution in [2.75, 3.05) is 16.4 Å². The predicted molar refractivity (Wildman–Crippen MR) is 126 cm³/mol. The molecule has 0 aliphatic heterocycles. The van der Waals surface area contributed by atoms with Crippen molar-refractivity contribution in [1.82, 2.24) is 15.4 Å².